The Morgan fingerprint density at radius 2 is 2.33 bits per heavy atom. The number of hydrogen-bond donors (Lipinski definition) is 3. The number of carbonyl (C=O) groups is 1. The van der Waals surface area contributed by atoms with Gasteiger partial charge in [0.05, 0.1) is 11.6 Å². The quantitative estimate of drug-likeness (QED) is 0.435. The first kappa shape index (κ1) is 15.2. The summed E-state index contributed by atoms with van der Waals surface area (Å²) in [5, 5.41) is 15.6. The van der Waals surface area contributed by atoms with Crippen LogP contribution in [-0.4, -0.2) is 37.6 Å². The van der Waals surface area contributed by atoms with E-state index in [0.717, 1.165) is 17.1 Å². The number of nitrogens with zero attached hydrogens (tertiary/aromatic N) is 2. The van der Waals surface area contributed by atoms with Gasteiger partial charge in [-0.1, -0.05) is 5.22 Å². The van der Waals surface area contributed by atoms with Crippen LogP contribution in [0.1, 0.15) is 12.8 Å². The Balaban J connectivity index is 2.33. The standard InChI is InChI=1S/C12H16BFN4O3/c1-16-11(20)18(17-15)9-3-2-7(14)4-10(9)21-12(13)5-8(19)6-12/h2-4,8,15,19H,5-6,13H2,1H3,(H,16,20). The molecular weight excluding hydrogens is 278 g/mol. The smallest absolute Gasteiger partial charge is 0.343 e. The van der Waals surface area contributed by atoms with E-state index in [4.69, 9.17) is 10.3 Å². The van der Waals surface area contributed by atoms with Crippen molar-refractivity contribution in [1.82, 2.24) is 5.32 Å². The number of hydrogen-bond acceptors (Lipinski definition) is 5. The third-order valence-corrected chi connectivity index (χ3v) is 3.35. The lowest BCUT2D eigenvalue weighted by Crippen LogP contribution is -2.52. The van der Waals surface area contributed by atoms with Gasteiger partial charge in [0, 0.05) is 26.0 Å². The fourth-order valence-corrected chi connectivity index (χ4v) is 2.35. The first-order chi connectivity index (χ1) is 9.88. The fourth-order valence-electron chi connectivity index (χ4n) is 2.35. The molecule has 7 nitrogen and oxygen atoms in total. The van der Waals surface area contributed by atoms with Crippen molar-refractivity contribution in [3.05, 3.63) is 24.0 Å². The fraction of sp³-hybridized carbons (Fsp3) is 0.417. The van der Waals surface area contributed by atoms with Crippen LogP contribution in [0.5, 0.6) is 5.75 Å². The number of amides is 2. The Morgan fingerprint density at radius 3 is 2.86 bits per heavy atom. The monoisotopic (exact) mass is 294 g/mol. The van der Waals surface area contributed by atoms with Crippen LogP contribution < -0.4 is 15.1 Å². The van der Waals surface area contributed by atoms with Crippen LogP contribution in [0.3, 0.4) is 0 Å². The molecule has 21 heavy (non-hydrogen) atoms. The Kier molecular flexibility index (Phi) is 4.12. The van der Waals surface area contributed by atoms with Crippen LogP contribution in [-0.2, 0) is 0 Å². The highest BCUT2D eigenvalue weighted by molar-refractivity contribution is 6.15. The predicted octanol–water partition coefficient (Wildman–Crippen LogP) is 0.780. The zero-order valence-electron chi connectivity index (χ0n) is 11.8. The SMILES string of the molecule is BC1(Oc2cc(F)ccc2N(N=N)C(=O)NC)CC(O)C1. The third-order valence-electron chi connectivity index (χ3n) is 3.35. The number of ether oxygens (including phenoxy) is 1. The molecule has 1 aliphatic rings. The molecule has 2 rings (SSSR count). The van der Waals surface area contributed by atoms with Crippen molar-refractivity contribution < 1.29 is 19.0 Å². The van der Waals surface area contributed by atoms with Gasteiger partial charge in [-0.15, -0.1) is 0 Å². The molecule has 0 heterocycles. The van der Waals surface area contributed by atoms with Gasteiger partial charge >= 0.3 is 6.03 Å². The van der Waals surface area contributed by atoms with Gasteiger partial charge in [0.15, 0.2) is 7.85 Å². The Labute approximate surface area is 122 Å². The lowest BCUT2D eigenvalue weighted by Gasteiger charge is -2.43. The zero-order chi connectivity index (χ0) is 15.6. The minimum Gasteiger partial charge on any atom is -0.494 e. The van der Waals surface area contributed by atoms with Gasteiger partial charge in [-0.2, -0.15) is 10.5 Å². The van der Waals surface area contributed by atoms with Gasteiger partial charge in [-0.05, 0) is 12.1 Å². The maximum absolute atomic E-state index is 13.4. The lowest BCUT2D eigenvalue weighted by molar-refractivity contribution is -0.0395. The number of anilines is 1. The van der Waals surface area contributed by atoms with Crippen molar-refractivity contribution in [2.24, 2.45) is 5.22 Å². The number of rotatable bonds is 4. The molecule has 1 saturated carbocycles. The summed E-state index contributed by atoms with van der Waals surface area (Å²) in [4.78, 5) is 11.7. The summed E-state index contributed by atoms with van der Waals surface area (Å²) < 4.78 is 19.2. The van der Waals surface area contributed by atoms with E-state index < -0.39 is 23.5 Å². The summed E-state index contributed by atoms with van der Waals surface area (Å²) >= 11 is 0. The van der Waals surface area contributed by atoms with E-state index in [2.05, 4.69) is 10.5 Å². The van der Waals surface area contributed by atoms with Crippen LogP contribution in [0.25, 0.3) is 0 Å². The van der Waals surface area contributed by atoms with E-state index in [0.29, 0.717) is 12.8 Å². The number of nitrogens with one attached hydrogen (secondary N) is 2. The predicted molar refractivity (Wildman–Crippen MR) is 75.6 cm³/mol. The molecule has 0 unspecified atom stereocenters. The molecule has 2 amide bonds. The average Bonchev–Trinajstić information content (AvgIpc) is 2.39. The second-order valence-corrected chi connectivity index (χ2v) is 5.19. The molecule has 0 saturated heterocycles. The van der Waals surface area contributed by atoms with E-state index in [1.165, 1.54) is 13.1 Å². The molecule has 0 radical (unpaired) electrons. The highest BCUT2D eigenvalue weighted by Gasteiger charge is 2.42. The van der Waals surface area contributed by atoms with Crippen LogP contribution >= 0.6 is 0 Å². The van der Waals surface area contributed by atoms with E-state index in [-0.39, 0.29) is 11.4 Å². The van der Waals surface area contributed by atoms with Crippen molar-refractivity contribution in [3.8, 4) is 5.75 Å². The Hall–Kier alpha value is -2.16. The Morgan fingerprint density at radius 1 is 1.67 bits per heavy atom. The van der Waals surface area contributed by atoms with Crippen LogP contribution in [0.15, 0.2) is 23.4 Å². The Bertz CT molecular complexity index is 565. The van der Waals surface area contributed by atoms with Gasteiger partial charge in [-0.25, -0.2) is 9.18 Å². The molecule has 0 spiro atoms. The average molecular weight is 294 g/mol. The number of benzene rings is 1. The van der Waals surface area contributed by atoms with Gasteiger partial charge in [0.25, 0.3) is 0 Å². The first-order valence-corrected chi connectivity index (χ1v) is 6.44. The normalized spacial score (nSPS) is 23.9. The molecule has 112 valence electrons. The first-order valence-electron chi connectivity index (χ1n) is 6.44. The van der Waals surface area contributed by atoms with Crippen molar-refractivity contribution >= 4 is 19.6 Å². The van der Waals surface area contributed by atoms with E-state index in [9.17, 15) is 14.3 Å². The summed E-state index contributed by atoms with van der Waals surface area (Å²) in [6, 6.07) is 2.96. The summed E-state index contributed by atoms with van der Waals surface area (Å²) in [5.74, 6) is -0.428. The number of aliphatic hydroxyl groups is 1. The van der Waals surface area contributed by atoms with Crippen LogP contribution in [0.4, 0.5) is 14.9 Å². The minimum absolute atomic E-state index is 0.101. The van der Waals surface area contributed by atoms with E-state index in [1.54, 1.807) is 7.85 Å². The van der Waals surface area contributed by atoms with Crippen molar-refractivity contribution in [2.45, 2.75) is 24.4 Å². The molecule has 1 aromatic rings. The van der Waals surface area contributed by atoms with Crippen molar-refractivity contribution in [3.63, 3.8) is 0 Å². The van der Waals surface area contributed by atoms with Gasteiger partial charge in [-0.3, -0.25) is 0 Å². The topological polar surface area (TPSA) is 98.0 Å². The summed E-state index contributed by atoms with van der Waals surface area (Å²) in [5.41, 5.74) is 6.64. The molecule has 1 aromatic carbocycles. The minimum atomic E-state index is -0.639. The number of urea groups is 1. The highest BCUT2D eigenvalue weighted by atomic mass is 19.1. The lowest BCUT2D eigenvalue weighted by atomic mass is 9.64. The second kappa shape index (κ2) is 5.68. The number of aliphatic hydroxyl groups excluding tert-OH is 1. The van der Waals surface area contributed by atoms with E-state index in [1.807, 2.05) is 0 Å². The third kappa shape index (κ3) is 3.13. The van der Waals surface area contributed by atoms with Gasteiger partial charge < -0.3 is 15.2 Å². The van der Waals surface area contributed by atoms with Crippen molar-refractivity contribution in [1.29, 1.82) is 5.53 Å². The summed E-state index contributed by atoms with van der Waals surface area (Å²) in [7, 11) is 3.19. The maximum Gasteiger partial charge on any atom is 0.343 e. The van der Waals surface area contributed by atoms with Crippen LogP contribution in [0, 0.1) is 11.3 Å². The molecule has 9 heteroatoms. The highest BCUT2D eigenvalue weighted by Crippen LogP contribution is 2.38. The molecule has 0 bridgehead atoms. The largest absolute Gasteiger partial charge is 0.494 e. The summed E-state index contributed by atoms with van der Waals surface area (Å²) in [6.07, 6.45) is 0.393. The van der Waals surface area contributed by atoms with Crippen molar-refractivity contribution in [2.75, 3.05) is 12.1 Å². The van der Waals surface area contributed by atoms with Gasteiger partial charge in [0.2, 0.25) is 0 Å². The molecular formula is C12H16BFN4O3. The molecule has 0 aromatic heterocycles. The van der Waals surface area contributed by atoms with Gasteiger partial charge in [0.1, 0.15) is 17.3 Å². The number of carbonyl (C=O) groups excluding carboxylic acids is 1. The molecule has 1 fully saturated rings. The van der Waals surface area contributed by atoms with E-state index >= 15 is 0 Å². The molecule has 3 N–H and O–H groups in total. The van der Waals surface area contributed by atoms with Crippen LogP contribution in [0.2, 0.25) is 0 Å². The second-order valence-electron chi connectivity index (χ2n) is 5.19. The maximum atomic E-state index is 13.4. The summed E-state index contributed by atoms with van der Waals surface area (Å²) in [6.45, 7) is 0. The molecule has 0 aliphatic heterocycles. The zero-order valence-corrected chi connectivity index (χ0v) is 11.8. The molecule has 0 atom stereocenters. The number of halogens is 1. The molecule has 1 aliphatic carbocycles.